The summed E-state index contributed by atoms with van der Waals surface area (Å²) >= 11 is 1.37. The van der Waals surface area contributed by atoms with Crippen LogP contribution in [0.15, 0.2) is 44.9 Å². The van der Waals surface area contributed by atoms with Crippen molar-refractivity contribution in [3.05, 3.63) is 41.2 Å². The summed E-state index contributed by atoms with van der Waals surface area (Å²) in [5, 5.41) is 0. The van der Waals surface area contributed by atoms with Crippen LogP contribution in [0.25, 0.3) is 6.08 Å². The van der Waals surface area contributed by atoms with Gasteiger partial charge in [-0.2, -0.15) is 0 Å². The fourth-order valence-electron chi connectivity index (χ4n) is 1.25. The first-order valence-corrected chi connectivity index (χ1v) is 5.85. The summed E-state index contributed by atoms with van der Waals surface area (Å²) < 4.78 is 5.10. The molecule has 16 heavy (non-hydrogen) atoms. The van der Waals surface area contributed by atoms with E-state index in [9.17, 15) is 4.79 Å². The van der Waals surface area contributed by atoms with Gasteiger partial charge in [-0.1, -0.05) is 17.8 Å². The highest BCUT2D eigenvalue weighted by Crippen LogP contribution is 2.18. The maximum atomic E-state index is 11.8. The van der Waals surface area contributed by atoms with Crippen LogP contribution in [0.4, 0.5) is 0 Å². The number of ketones is 1. The molecule has 0 spiro atoms. The third kappa shape index (κ3) is 2.97. The minimum Gasteiger partial charge on any atom is -0.465 e. The summed E-state index contributed by atoms with van der Waals surface area (Å²) in [4.78, 5) is 16.6. The van der Waals surface area contributed by atoms with E-state index in [0.717, 1.165) is 17.9 Å². The van der Waals surface area contributed by atoms with Gasteiger partial charge in [0.1, 0.15) is 5.76 Å². The van der Waals surface area contributed by atoms with Crippen LogP contribution in [0.3, 0.4) is 0 Å². The first kappa shape index (κ1) is 11.0. The minimum absolute atomic E-state index is 0.00486. The number of carbonyl (C=O) groups is 1. The van der Waals surface area contributed by atoms with Crippen molar-refractivity contribution in [2.45, 2.75) is 6.42 Å². The van der Waals surface area contributed by atoms with E-state index < -0.39 is 0 Å². The van der Waals surface area contributed by atoms with Gasteiger partial charge in [0.15, 0.2) is 5.78 Å². The van der Waals surface area contributed by atoms with Crippen molar-refractivity contribution >= 4 is 29.2 Å². The molecule has 1 aliphatic rings. The molecule has 1 aromatic heterocycles. The molecular weight excluding hydrogens is 222 g/mol. The molecule has 0 saturated heterocycles. The van der Waals surface area contributed by atoms with Gasteiger partial charge in [0, 0.05) is 6.54 Å². The average molecular weight is 233 g/mol. The first-order valence-electron chi connectivity index (χ1n) is 4.97. The Morgan fingerprint density at radius 3 is 3.31 bits per heavy atom. The number of carbonyl (C=O) groups excluding carboxylic acids is 1. The van der Waals surface area contributed by atoms with Crippen LogP contribution in [-0.4, -0.2) is 17.9 Å². The predicted molar refractivity (Wildman–Crippen MR) is 66.4 cm³/mol. The summed E-state index contributed by atoms with van der Waals surface area (Å²) in [6.07, 6.45) is 7.52. The monoisotopic (exact) mass is 233 g/mol. The molecule has 2 rings (SSSR count). The van der Waals surface area contributed by atoms with Crippen molar-refractivity contribution in [2.24, 2.45) is 4.99 Å². The SMILES string of the molecule is O=C(/C=C/c1ccco1)C1=CCCN=CS1. The van der Waals surface area contributed by atoms with Gasteiger partial charge in [-0.15, -0.1) is 0 Å². The summed E-state index contributed by atoms with van der Waals surface area (Å²) in [6, 6.07) is 3.59. The van der Waals surface area contributed by atoms with Gasteiger partial charge < -0.3 is 4.42 Å². The molecule has 82 valence electrons. The van der Waals surface area contributed by atoms with Crippen molar-refractivity contribution in [3.8, 4) is 0 Å². The van der Waals surface area contributed by atoms with Gasteiger partial charge >= 0.3 is 0 Å². The highest BCUT2D eigenvalue weighted by molar-refractivity contribution is 8.16. The largest absolute Gasteiger partial charge is 0.465 e. The second-order valence-electron chi connectivity index (χ2n) is 3.20. The van der Waals surface area contributed by atoms with Gasteiger partial charge in [-0.25, -0.2) is 0 Å². The number of allylic oxidation sites excluding steroid dienone is 2. The summed E-state index contributed by atoms with van der Waals surface area (Å²) in [5.41, 5.74) is 1.72. The molecule has 1 aliphatic heterocycles. The molecule has 3 nitrogen and oxygen atoms in total. The van der Waals surface area contributed by atoms with Crippen molar-refractivity contribution < 1.29 is 9.21 Å². The Morgan fingerprint density at radius 2 is 2.50 bits per heavy atom. The molecule has 0 unspecified atom stereocenters. The molecule has 0 aromatic carbocycles. The Balaban J connectivity index is 2.02. The van der Waals surface area contributed by atoms with Crippen LogP contribution in [-0.2, 0) is 4.79 Å². The molecular formula is C12H11NO2S. The van der Waals surface area contributed by atoms with Crippen LogP contribution < -0.4 is 0 Å². The summed E-state index contributed by atoms with van der Waals surface area (Å²) in [7, 11) is 0. The Morgan fingerprint density at radius 1 is 1.56 bits per heavy atom. The van der Waals surface area contributed by atoms with E-state index in [4.69, 9.17) is 4.42 Å². The second-order valence-corrected chi connectivity index (χ2v) is 4.09. The first-order chi connectivity index (χ1) is 7.86. The molecule has 0 saturated carbocycles. The lowest BCUT2D eigenvalue weighted by molar-refractivity contribution is -0.110. The van der Waals surface area contributed by atoms with E-state index in [2.05, 4.69) is 4.99 Å². The van der Waals surface area contributed by atoms with Gasteiger partial charge in [0.25, 0.3) is 0 Å². The number of hydrogen-bond acceptors (Lipinski definition) is 4. The molecule has 0 fully saturated rings. The van der Waals surface area contributed by atoms with Gasteiger partial charge in [0.2, 0.25) is 0 Å². The van der Waals surface area contributed by atoms with E-state index in [-0.39, 0.29) is 5.78 Å². The lowest BCUT2D eigenvalue weighted by Gasteiger charge is -1.95. The van der Waals surface area contributed by atoms with Crippen molar-refractivity contribution in [1.82, 2.24) is 0 Å². The normalized spacial score (nSPS) is 16.1. The molecule has 0 bridgehead atoms. The zero-order valence-corrected chi connectivity index (χ0v) is 9.44. The molecule has 0 aliphatic carbocycles. The standard InChI is InChI=1S/C12H11NO2S/c14-11(6-5-10-3-2-8-15-10)12-4-1-7-13-9-16-12/h2-6,8-9H,1,7H2/b6-5+. The van der Waals surface area contributed by atoms with E-state index in [0.29, 0.717) is 5.76 Å². The lowest BCUT2D eigenvalue weighted by Crippen LogP contribution is -1.94. The fourth-order valence-corrected chi connectivity index (χ4v) is 1.94. The topological polar surface area (TPSA) is 42.6 Å². The number of furan rings is 1. The minimum atomic E-state index is -0.00486. The van der Waals surface area contributed by atoms with E-state index in [1.807, 2.05) is 6.08 Å². The Hall–Kier alpha value is -1.55. The van der Waals surface area contributed by atoms with Crippen molar-refractivity contribution in [2.75, 3.05) is 6.54 Å². The summed E-state index contributed by atoms with van der Waals surface area (Å²) in [5.74, 6) is 0.677. The molecule has 0 amide bonds. The molecule has 0 atom stereocenters. The zero-order chi connectivity index (χ0) is 11.2. The second kappa shape index (κ2) is 5.51. The average Bonchev–Trinajstić information content (AvgIpc) is 2.66. The van der Waals surface area contributed by atoms with Crippen LogP contribution in [0.1, 0.15) is 12.2 Å². The molecule has 4 heteroatoms. The fraction of sp³-hybridized carbons (Fsp3) is 0.167. The van der Waals surface area contributed by atoms with Crippen LogP contribution in [0.5, 0.6) is 0 Å². The number of thioether (sulfide) groups is 1. The highest BCUT2D eigenvalue weighted by atomic mass is 32.2. The number of nitrogens with zero attached hydrogens (tertiary/aromatic N) is 1. The van der Waals surface area contributed by atoms with Crippen molar-refractivity contribution in [1.29, 1.82) is 0 Å². The van der Waals surface area contributed by atoms with Crippen LogP contribution in [0.2, 0.25) is 0 Å². The third-order valence-corrected chi connectivity index (χ3v) is 2.90. The quantitative estimate of drug-likeness (QED) is 0.754. The molecule has 1 aromatic rings. The Kier molecular flexibility index (Phi) is 3.77. The van der Waals surface area contributed by atoms with Crippen LogP contribution >= 0.6 is 11.8 Å². The summed E-state index contributed by atoms with van der Waals surface area (Å²) in [6.45, 7) is 0.756. The zero-order valence-electron chi connectivity index (χ0n) is 8.63. The van der Waals surface area contributed by atoms with E-state index >= 15 is 0 Å². The van der Waals surface area contributed by atoms with E-state index in [1.54, 1.807) is 30.0 Å². The number of aliphatic imine (C=N–C) groups is 1. The van der Waals surface area contributed by atoms with Gasteiger partial charge in [-0.05, 0) is 30.7 Å². The smallest absolute Gasteiger partial charge is 0.192 e. The van der Waals surface area contributed by atoms with Gasteiger partial charge in [0.05, 0.1) is 16.7 Å². The number of rotatable bonds is 3. The van der Waals surface area contributed by atoms with E-state index in [1.165, 1.54) is 17.8 Å². The number of hydrogen-bond donors (Lipinski definition) is 0. The Labute approximate surface area is 97.9 Å². The molecule has 0 N–H and O–H groups in total. The van der Waals surface area contributed by atoms with Gasteiger partial charge in [-0.3, -0.25) is 9.79 Å². The maximum Gasteiger partial charge on any atom is 0.192 e. The molecule has 2 heterocycles. The lowest BCUT2D eigenvalue weighted by atomic mass is 10.2. The highest BCUT2D eigenvalue weighted by Gasteiger charge is 2.07. The maximum absolute atomic E-state index is 11.8. The Bertz CT molecular complexity index is 444. The predicted octanol–water partition coefficient (Wildman–Crippen LogP) is 2.91. The third-order valence-electron chi connectivity index (χ3n) is 2.03. The van der Waals surface area contributed by atoms with Crippen LogP contribution in [0, 0.1) is 0 Å². The van der Waals surface area contributed by atoms with Crippen molar-refractivity contribution in [3.63, 3.8) is 0 Å². The molecule has 0 radical (unpaired) electrons.